The van der Waals surface area contributed by atoms with Crippen LogP contribution in [0, 0.1) is 6.92 Å². The lowest BCUT2D eigenvalue weighted by Crippen LogP contribution is -2.01. The second-order valence-electron chi connectivity index (χ2n) is 12.5. The van der Waals surface area contributed by atoms with Gasteiger partial charge >= 0.3 is 0 Å². The maximum atomic E-state index is 5.23. The van der Waals surface area contributed by atoms with Gasteiger partial charge in [0, 0.05) is 39.4 Å². The molecule has 0 atom stereocenters. The van der Waals surface area contributed by atoms with Crippen molar-refractivity contribution in [3.63, 3.8) is 0 Å². The second kappa shape index (κ2) is 12.8. The zero-order chi connectivity index (χ0) is 34.1. The van der Waals surface area contributed by atoms with E-state index >= 15 is 0 Å². The Kier molecular flexibility index (Phi) is 7.59. The molecule has 9 rings (SSSR count). The minimum Gasteiger partial charge on any atom is -0.253 e. The first-order chi connectivity index (χ1) is 25.2. The molecule has 0 amide bonds. The van der Waals surface area contributed by atoms with Crippen molar-refractivity contribution in [3.8, 4) is 67.8 Å². The van der Waals surface area contributed by atoms with Gasteiger partial charge in [0.25, 0.3) is 0 Å². The van der Waals surface area contributed by atoms with E-state index in [1.54, 1.807) is 6.20 Å². The standard InChI is InChI=1S/C45H30N6/c1-29-18-19-33-24-25-37-38(31-11-4-2-5-12-31)28-40(48-42(37)41(33)47-29)32-22-20-30(21-23-32)35-15-10-16-36(27-35)44-49-43(34-13-6-3-7-14-34)50-45(51-44)39-17-8-9-26-46-39/h2-28H,1H3. The van der Waals surface area contributed by atoms with Crippen molar-refractivity contribution in [3.05, 3.63) is 170 Å². The molecule has 0 aliphatic heterocycles. The molecule has 0 bridgehead atoms. The summed E-state index contributed by atoms with van der Waals surface area (Å²) in [6.45, 7) is 2.02. The maximum absolute atomic E-state index is 5.23. The first kappa shape index (κ1) is 30.2. The molecule has 0 radical (unpaired) electrons. The van der Waals surface area contributed by atoms with E-state index in [4.69, 9.17) is 24.9 Å². The zero-order valence-electron chi connectivity index (χ0n) is 27.8. The molecule has 4 heterocycles. The molecule has 6 nitrogen and oxygen atoms in total. The van der Waals surface area contributed by atoms with Gasteiger partial charge in [0.2, 0.25) is 0 Å². The zero-order valence-corrected chi connectivity index (χ0v) is 27.8. The summed E-state index contributed by atoms with van der Waals surface area (Å²) in [6.07, 6.45) is 1.75. The minimum atomic E-state index is 0.533. The van der Waals surface area contributed by atoms with Crippen molar-refractivity contribution < 1.29 is 0 Å². The number of hydrogen-bond donors (Lipinski definition) is 0. The Morgan fingerprint density at radius 2 is 1.02 bits per heavy atom. The number of pyridine rings is 3. The van der Waals surface area contributed by atoms with Crippen LogP contribution in [0.1, 0.15) is 5.69 Å². The summed E-state index contributed by atoms with van der Waals surface area (Å²) in [5.74, 6) is 1.73. The van der Waals surface area contributed by atoms with Crippen molar-refractivity contribution in [2.24, 2.45) is 0 Å². The predicted octanol–water partition coefficient (Wildman–Crippen LogP) is 10.7. The van der Waals surface area contributed by atoms with Crippen LogP contribution in [0.3, 0.4) is 0 Å². The lowest BCUT2D eigenvalue weighted by atomic mass is 9.96. The van der Waals surface area contributed by atoms with Crippen LogP contribution in [0.4, 0.5) is 0 Å². The van der Waals surface area contributed by atoms with E-state index in [1.165, 1.54) is 0 Å². The average molecular weight is 655 g/mol. The van der Waals surface area contributed by atoms with Gasteiger partial charge in [-0.05, 0) is 59.5 Å². The van der Waals surface area contributed by atoms with Gasteiger partial charge in [0.05, 0.1) is 16.7 Å². The highest BCUT2D eigenvalue weighted by Gasteiger charge is 2.15. The molecule has 6 heteroatoms. The van der Waals surface area contributed by atoms with Crippen LogP contribution in [-0.4, -0.2) is 29.9 Å². The van der Waals surface area contributed by atoms with Crippen LogP contribution in [-0.2, 0) is 0 Å². The second-order valence-corrected chi connectivity index (χ2v) is 12.5. The van der Waals surface area contributed by atoms with Crippen molar-refractivity contribution >= 4 is 21.8 Å². The van der Waals surface area contributed by atoms with Crippen molar-refractivity contribution in [1.29, 1.82) is 0 Å². The summed E-state index contributed by atoms with van der Waals surface area (Å²) >= 11 is 0. The molecule has 0 spiro atoms. The topological polar surface area (TPSA) is 77.3 Å². The van der Waals surface area contributed by atoms with Gasteiger partial charge in [-0.25, -0.2) is 19.9 Å². The fraction of sp³-hybridized carbons (Fsp3) is 0.0222. The quantitative estimate of drug-likeness (QED) is 0.166. The maximum Gasteiger partial charge on any atom is 0.182 e. The Hall–Kier alpha value is -6.92. The average Bonchev–Trinajstić information content (AvgIpc) is 3.21. The van der Waals surface area contributed by atoms with Crippen LogP contribution < -0.4 is 0 Å². The Bertz CT molecular complexity index is 2620. The molecule has 240 valence electrons. The molecular weight excluding hydrogens is 625 g/mol. The van der Waals surface area contributed by atoms with E-state index in [0.29, 0.717) is 23.2 Å². The number of aromatic nitrogens is 6. The fourth-order valence-electron chi connectivity index (χ4n) is 6.48. The third kappa shape index (κ3) is 5.89. The highest BCUT2D eigenvalue weighted by Crippen LogP contribution is 2.36. The summed E-state index contributed by atoms with van der Waals surface area (Å²) in [5.41, 5.74) is 11.6. The molecule has 0 unspecified atom stereocenters. The highest BCUT2D eigenvalue weighted by atomic mass is 15.0. The van der Waals surface area contributed by atoms with E-state index in [2.05, 4.69) is 89.9 Å². The lowest BCUT2D eigenvalue weighted by Gasteiger charge is -2.13. The summed E-state index contributed by atoms with van der Waals surface area (Å²) in [7, 11) is 0. The van der Waals surface area contributed by atoms with E-state index < -0.39 is 0 Å². The third-order valence-corrected chi connectivity index (χ3v) is 9.06. The smallest absolute Gasteiger partial charge is 0.182 e. The Balaban J connectivity index is 1.12. The van der Waals surface area contributed by atoms with Gasteiger partial charge in [0.15, 0.2) is 17.5 Å². The monoisotopic (exact) mass is 654 g/mol. The number of hydrogen-bond acceptors (Lipinski definition) is 6. The molecule has 0 fully saturated rings. The van der Waals surface area contributed by atoms with Gasteiger partial charge in [-0.15, -0.1) is 0 Å². The summed E-state index contributed by atoms with van der Waals surface area (Å²) in [6, 6.07) is 53.8. The summed E-state index contributed by atoms with van der Waals surface area (Å²) in [5, 5.41) is 2.16. The number of aryl methyl sites for hydroxylation is 1. The summed E-state index contributed by atoms with van der Waals surface area (Å²) < 4.78 is 0. The van der Waals surface area contributed by atoms with Crippen molar-refractivity contribution in [2.75, 3.05) is 0 Å². The number of nitrogens with zero attached hydrogens (tertiary/aromatic N) is 6. The van der Waals surface area contributed by atoms with Crippen LogP contribution >= 0.6 is 0 Å². The van der Waals surface area contributed by atoms with E-state index in [0.717, 1.165) is 72.1 Å². The van der Waals surface area contributed by atoms with Crippen LogP contribution in [0.2, 0.25) is 0 Å². The van der Waals surface area contributed by atoms with Crippen LogP contribution in [0.25, 0.3) is 89.6 Å². The molecule has 4 aromatic heterocycles. The van der Waals surface area contributed by atoms with E-state index in [1.807, 2.05) is 79.7 Å². The van der Waals surface area contributed by atoms with E-state index in [9.17, 15) is 0 Å². The molecule has 0 saturated carbocycles. The normalized spacial score (nSPS) is 11.2. The Labute approximate surface area is 295 Å². The highest BCUT2D eigenvalue weighted by molar-refractivity contribution is 6.09. The lowest BCUT2D eigenvalue weighted by molar-refractivity contribution is 1.06. The largest absolute Gasteiger partial charge is 0.253 e. The third-order valence-electron chi connectivity index (χ3n) is 9.06. The predicted molar refractivity (Wildman–Crippen MR) is 206 cm³/mol. The number of fused-ring (bicyclic) bond motifs is 3. The number of rotatable bonds is 6. The number of benzene rings is 5. The molecule has 0 N–H and O–H groups in total. The molecule has 0 aliphatic carbocycles. The van der Waals surface area contributed by atoms with Crippen molar-refractivity contribution in [1.82, 2.24) is 29.9 Å². The molecule has 9 aromatic rings. The van der Waals surface area contributed by atoms with Gasteiger partial charge in [-0.1, -0.05) is 127 Å². The van der Waals surface area contributed by atoms with Gasteiger partial charge in [-0.2, -0.15) is 0 Å². The van der Waals surface area contributed by atoms with Crippen LogP contribution in [0.5, 0.6) is 0 Å². The Morgan fingerprint density at radius 3 is 1.78 bits per heavy atom. The first-order valence-corrected chi connectivity index (χ1v) is 16.9. The van der Waals surface area contributed by atoms with Gasteiger partial charge in [-0.3, -0.25) is 9.97 Å². The molecule has 0 saturated heterocycles. The fourth-order valence-corrected chi connectivity index (χ4v) is 6.48. The molecule has 51 heavy (non-hydrogen) atoms. The van der Waals surface area contributed by atoms with Crippen LogP contribution in [0.15, 0.2) is 164 Å². The van der Waals surface area contributed by atoms with E-state index in [-0.39, 0.29) is 0 Å². The molecular formula is C45H30N6. The van der Waals surface area contributed by atoms with Crippen molar-refractivity contribution in [2.45, 2.75) is 6.92 Å². The Morgan fingerprint density at radius 1 is 0.373 bits per heavy atom. The SMILES string of the molecule is Cc1ccc2ccc3c(-c4ccccc4)cc(-c4ccc(-c5cccc(-c6nc(-c7ccccc7)nc(-c7ccccn7)n6)c5)cc4)nc3c2n1. The molecule has 5 aromatic carbocycles. The first-order valence-electron chi connectivity index (χ1n) is 16.9. The van der Waals surface area contributed by atoms with Gasteiger partial charge in [0.1, 0.15) is 5.69 Å². The van der Waals surface area contributed by atoms with Gasteiger partial charge < -0.3 is 0 Å². The molecule has 0 aliphatic rings. The summed E-state index contributed by atoms with van der Waals surface area (Å²) in [4.78, 5) is 29.2. The minimum absolute atomic E-state index is 0.533.